The van der Waals surface area contributed by atoms with Gasteiger partial charge in [0.25, 0.3) is 0 Å². The van der Waals surface area contributed by atoms with Crippen LogP contribution in [-0.2, 0) is 0 Å². The normalized spacial score (nSPS) is 21.3. The van der Waals surface area contributed by atoms with Gasteiger partial charge in [0, 0.05) is 22.8 Å². The summed E-state index contributed by atoms with van der Waals surface area (Å²) in [5.74, 6) is 1.31. The van der Waals surface area contributed by atoms with Crippen LogP contribution >= 0.6 is 0 Å². The Labute approximate surface area is 197 Å². The molecule has 1 atom stereocenters. The fourth-order valence-electron chi connectivity index (χ4n) is 5.06. The molecule has 34 heavy (non-hydrogen) atoms. The van der Waals surface area contributed by atoms with Crippen LogP contribution in [0, 0.1) is 5.82 Å². The van der Waals surface area contributed by atoms with Gasteiger partial charge in [-0.05, 0) is 83.1 Å². The van der Waals surface area contributed by atoms with Crippen molar-refractivity contribution in [3.05, 3.63) is 30.2 Å². The third kappa shape index (κ3) is 3.93. The molecule has 1 aromatic carbocycles. The van der Waals surface area contributed by atoms with Crippen molar-refractivity contribution in [1.29, 1.82) is 0 Å². The van der Waals surface area contributed by atoms with Gasteiger partial charge in [0.05, 0.1) is 11.8 Å². The number of anilines is 3. The maximum absolute atomic E-state index is 14.6. The zero-order chi connectivity index (χ0) is 24.3. The number of aromatic nitrogens is 6. The average molecular weight is 468 g/mol. The van der Waals surface area contributed by atoms with Crippen LogP contribution in [0.3, 0.4) is 0 Å². The number of nitrogens with one attached hydrogen (secondary N) is 2. The van der Waals surface area contributed by atoms with Crippen LogP contribution in [0.15, 0.2) is 24.4 Å². The highest BCUT2D eigenvalue weighted by atomic mass is 19.1. The monoisotopic (exact) mass is 467 g/mol. The van der Waals surface area contributed by atoms with E-state index in [0.29, 0.717) is 23.2 Å². The predicted octanol–water partition coefficient (Wildman–Crippen LogP) is 3.99. The molecule has 1 unspecified atom stereocenters. The highest BCUT2D eigenvalue weighted by Gasteiger charge is 2.43. The molecule has 0 spiro atoms. The van der Waals surface area contributed by atoms with E-state index in [1.165, 1.54) is 6.20 Å². The summed E-state index contributed by atoms with van der Waals surface area (Å²) in [6, 6.07) is 5.65. The van der Waals surface area contributed by atoms with Gasteiger partial charge in [-0.1, -0.05) is 0 Å². The quantitative estimate of drug-likeness (QED) is 0.589. The minimum atomic E-state index is -0.480. The van der Waals surface area contributed by atoms with Gasteiger partial charge in [0.2, 0.25) is 5.95 Å². The molecule has 3 aromatic rings. The molecule has 1 fully saturated rings. The molecule has 2 aromatic heterocycles. The number of fused-ring (bicyclic) bond motifs is 3. The molecule has 0 saturated carbocycles. The third-order valence-corrected chi connectivity index (χ3v) is 7.00. The number of halogens is 1. The molecule has 0 radical (unpaired) electrons. The summed E-state index contributed by atoms with van der Waals surface area (Å²) in [6.45, 7) is 10.7. The zero-order valence-corrected chi connectivity index (χ0v) is 20.3. The van der Waals surface area contributed by atoms with Gasteiger partial charge in [-0.25, -0.2) is 9.37 Å². The van der Waals surface area contributed by atoms with Crippen molar-refractivity contribution < 1.29 is 9.13 Å². The topological polar surface area (TPSA) is 106 Å². The summed E-state index contributed by atoms with van der Waals surface area (Å²) in [5, 5.41) is 18.3. The Morgan fingerprint density at radius 2 is 1.88 bits per heavy atom. The molecule has 2 N–H and O–H groups in total. The van der Waals surface area contributed by atoms with Crippen molar-refractivity contribution in [2.75, 3.05) is 17.7 Å². The van der Waals surface area contributed by atoms with E-state index >= 15 is 0 Å². The number of rotatable bonds is 4. The van der Waals surface area contributed by atoms with Crippen LogP contribution in [0.5, 0.6) is 5.75 Å². The maximum Gasteiger partial charge on any atom is 0.229 e. The van der Waals surface area contributed by atoms with Crippen molar-refractivity contribution in [1.82, 2.24) is 35.1 Å². The second-order valence-electron chi connectivity index (χ2n) is 10.3. The minimum Gasteiger partial charge on any atom is -0.468 e. The van der Waals surface area contributed by atoms with Crippen LogP contribution in [0.1, 0.15) is 53.7 Å². The highest BCUT2D eigenvalue weighted by molar-refractivity contribution is 5.72. The summed E-state index contributed by atoms with van der Waals surface area (Å²) in [4.78, 5) is 11.0. The smallest absolute Gasteiger partial charge is 0.229 e. The first-order valence-electron chi connectivity index (χ1n) is 11.4. The van der Waals surface area contributed by atoms with Gasteiger partial charge in [-0.3, -0.25) is 4.90 Å². The number of hydrogen-bond acceptors (Lipinski definition) is 9. The molecular formula is C23H30FN9O. The lowest BCUT2D eigenvalue weighted by molar-refractivity contribution is -0.00778. The summed E-state index contributed by atoms with van der Waals surface area (Å²) in [6.07, 6.45) is 2.64. The number of benzene rings is 1. The van der Waals surface area contributed by atoms with Gasteiger partial charge >= 0.3 is 0 Å². The van der Waals surface area contributed by atoms with Crippen molar-refractivity contribution in [3.8, 4) is 17.1 Å². The van der Waals surface area contributed by atoms with E-state index in [9.17, 15) is 4.39 Å². The van der Waals surface area contributed by atoms with Crippen LogP contribution in [-0.4, -0.2) is 59.2 Å². The molecule has 10 nitrogen and oxygen atoms in total. The molecule has 0 bridgehead atoms. The molecule has 0 amide bonds. The Bertz CT molecular complexity index is 1210. The summed E-state index contributed by atoms with van der Waals surface area (Å²) in [5.41, 5.74) is 1.42. The first kappa shape index (κ1) is 22.5. The van der Waals surface area contributed by atoms with Crippen molar-refractivity contribution in [3.63, 3.8) is 0 Å². The van der Waals surface area contributed by atoms with Crippen molar-refractivity contribution >= 4 is 17.5 Å². The molecule has 0 aliphatic carbocycles. The molecular weight excluding hydrogens is 437 g/mol. The molecule has 4 heterocycles. The Balaban J connectivity index is 1.37. The number of likely N-dealkylation sites (tertiary alicyclic amines) is 1. The second kappa shape index (κ2) is 7.86. The average Bonchev–Trinajstić information content (AvgIpc) is 3.26. The van der Waals surface area contributed by atoms with E-state index < -0.39 is 5.82 Å². The van der Waals surface area contributed by atoms with E-state index in [1.54, 1.807) is 4.68 Å². The van der Waals surface area contributed by atoms with Crippen molar-refractivity contribution in [2.24, 2.45) is 0 Å². The standard InChI is InChI=1S/C23H30FN9O/c1-13-33-20(29-30-31-33)16-9-14(7-8-18(16)34-13)27-21-25-12-17(24)19(28-21)26-15-10-22(2,3)32(6)23(4,5)11-15/h7-9,12-13,15H,10-11H2,1-6H3,(H2,25,26,27,28). The van der Waals surface area contributed by atoms with Gasteiger partial charge in [0.15, 0.2) is 23.7 Å². The first-order valence-corrected chi connectivity index (χ1v) is 11.4. The first-order chi connectivity index (χ1) is 16.0. The Morgan fingerprint density at radius 3 is 2.62 bits per heavy atom. The number of hydrogen-bond donors (Lipinski definition) is 2. The van der Waals surface area contributed by atoms with E-state index in [-0.39, 0.29) is 29.2 Å². The van der Waals surface area contributed by atoms with Crippen LogP contribution in [0.2, 0.25) is 0 Å². The molecule has 1 saturated heterocycles. The Hall–Kier alpha value is -3.34. The lowest BCUT2D eigenvalue weighted by Crippen LogP contribution is -2.61. The fraction of sp³-hybridized carbons (Fsp3) is 0.522. The van der Waals surface area contributed by atoms with E-state index in [4.69, 9.17) is 4.74 Å². The van der Waals surface area contributed by atoms with E-state index in [0.717, 1.165) is 18.4 Å². The van der Waals surface area contributed by atoms with Gasteiger partial charge in [0.1, 0.15) is 5.75 Å². The lowest BCUT2D eigenvalue weighted by atomic mass is 9.77. The van der Waals surface area contributed by atoms with Gasteiger partial charge in [-0.15, -0.1) is 5.10 Å². The SMILES string of the molecule is CC1Oc2ccc(Nc3ncc(F)c(NC4CC(C)(C)N(C)C(C)(C)C4)n3)cc2-c2nnnn21. The summed E-state index contributed by atoms with van der Waals surface area (Å²) in [7, 11) is 2.15. The third-order valence-electron chi connectivity index (χ3n) is 7.00. The molecule has 180 valence electrons. The summed E-state index contributed by atoms with van der Waals surface area (Å²) < 4.78 is 22.1. The number of nitrogens with zero attached hydrogens (tertiary/aromatic N) is 7. The Morgan fingerprint density at radius 1 is 1.15 bits per heavy atom. The fourth-order valence-corrected chi connectivity index (χ4v) is 5.06. The Kier molecular flexibility index (Phi) is 5.19. The molecule has 2 aliphatic rings. The highest BCUT2D eigenvalue weighted by Crippen LogP contribution is 2.39. The van der Waals surface area contributed by atoms with Crippen LogP contribution in [0.4, 0.5) is 21.8 Å². The van der Waals surface area contributed by atoms with E-state index in [1.807, 2.05) is 25.1 Å². The summed E-state index contributed by atoms with van der Waals surface area (Å²) >= 11 is 0. The number of tetrazole rings is 1. The van der Waals surface area contributed by atoms with Crippen molar-refractivity contribution in [2.45, 2.75) is 70.8 Å². The predicted molar refractivity (Wildman–Crippen MR) is 126 cm³/mol. The van der Waals surface area contributed by atoms with Gasteiger partial charge in [-0.2, -0.15) is 9.67 Å². The largest absolute Gasteiger partial charge is 0.468 e. The lowest BCUT2D eigenvalue weighted by Gasteiger charge is -2.53. The number of ether oxygens (including phenoxy) is 1. The molecule has 2 aliphatic heterocycles. The maximum atomic E-state index is 14.6. The van der Waals surface area contributed by atoms with E-state index in [2.05, 4.69) is 75.8 Å². The van der Waals surface area contributed by atoms with Gasteiger partial charge < -0.3 is 15.4 Å². The minimum absolute atomic E-state index is 0.0257. The number of piperidine rings is 1. The molecule has 5 rings (SSSR count). The van der Waals surface area contributed by atoms with Crippen LogP contribution < -0.4 is 15.4 Å². The second-order valence-corrected chi connectivity index (χ2v) is 10.3. The molecule has 11 heteroatoms. The zero-order valence-electron chi connectivity index (χ0n) is 20.3. The van der Waals surface area contributed by atoms with Crippen LogP contribution in [0.25, 0.3) is 11.4 Å².